The van der Waals surface area contributed by atoms with Gasteiger partial charge < -0.3 is 14.4 Å². The Labute approximate surface area is 201 Å². The van der Waals surface area contributed by atoms with Crippen LogP contribution in [0.2, 0.25) is 0 Å². The Morgan fingerprint density at radius 2 is 1.71 bits per heavy atom. The molecule has 2 aromatic rings. The highest BCUT2D eigenvalue weighted by Gasteiger charge is 2.29. The van der Waals surface area contributed by atoms with Crippen molar-refractivity contribution in [1.82, 2.24) is 14.1 Å². The molecule has 34 heavy (non-hydrogen) atoms. The Bertz CT molecular complexity index is 1140. The fourth-order valence-electron chi connectivity index (χ4n) is 4.87. The summed E-state index contributed by atoms with van der Waals surface area (Å²) in [4.78, 5) is 17.4. The zero-order valence-electron chi connectivity index (χ0n) is 19.5. The molecular formula is C25H31N3O5S. The first-order chi connectivity index (χ1) is 16.4. The number of hydrogen-bond donors (Lipinski definition) is 0. The molecule has 0 aliphatic carbocycles. The normalized spacial score (nSPS) is 21.6. The van der Waals surface area contributed by atoms with Crippen molar-refractivity contribution in [3.8, 4) is 11.5 Å². The van der Waals surface area contributed by atoms with Crippen LogP contribution in [-0.2, 0) is 16.6 Å². The summed E-state index contributed by atoms with van der Waals surface area (Å²) in [5, 5.41) is 0. The van der Waals surface area contributed by atoms with E-state index in [1.807, 2.05) is 23.1 Å². The third-order valence-corrected chi connectivity index (χ3v) is 8.74. The van der Waals surface area contributed by atoms with Gasteiger partial charge in [0.1, 0.15) is 0 Å². The standard InChI is InChI=1S/C25H31N3O5S/c1-19-3-2-10-28(16-19)34(30,31)22-7-5-21(6-8-22)25(29)27-13-11-26(12-14-27)17-20-4-9-23-24(15-20)33-18-32-23/h4-9,15,19H,2-3,10-14,16-18H2,1H3/t19-/m1/s1. The average Bonchev–Trinajstić information content (AvgIpc) is 3.32. The Hall–Kier alpha value is -2.62. The molecule has 0 spiro atoms. The van der Waals surface area contributed by atoms with E-state index in [2.05, 4.69) is 11.8 Å². The molecule has 3 aliphatic rings. The van der Waals surface area contributed by atoms with Crippen molar-refractivity contribution in [3.05, 3.63) is 53.6 Å². The first kappa shape index (κ1) is 23.1. The van der Waals surface area contributed by atoms with Crippen molar-refractivity contribution in [2.45, 2.75) is 31.2 Å². The number of nitrogens with zero attached hydrogens (tertiary/aromatic N) is 3. The van der Waals surface area contributed by atoms with E-state index in [4.69, 9.17) is 9.47 Å². The number of fused-ring (bicyclic) bond motifs is 1. The largest absolute Gasteiger partial charge is 0.454 e. The summed E-state index contributed by atoms with van der Waals surface area (Å²) in [5.41, 5.74) is 1.68. The van der Waals surface area contributed by atoms with Gasteiger partial charge in [-0.05, 0) is 60.7 Å². The second kappa shape index (κ2) is 9.56. The van der Waals surface area contributed by atoms with Gasteiger partial charge in [-0.1, -0.05) is 13.0 Å². The van der Waals surface area contributed by atoms with E-state index < -0.39 is 10.0 Å². The highest BCUT2D eigenvalue weighted by Crippen LogP contribution is 2.33. The lowest BCUT2D eigenvalue weighted by atomic mass is 10.0. The van der Waals surface area contributed by atoms with E-state index in [-0.39, 0.29) is 17.6 Å². The number of sulfonamides is 1. The molecule has 2 saturated heterocycles. The zero-order chi connectivity index (χ0) is 23.7. The topological polar surface area (TPSA) is 79.4 Å². The van der Waals surface area contributed by atoms with Gasteiger partial charge in [0.2, 0.25) is 16.8 Å². The van der Waals surface area contributed by atoms with E-state index in [1.54, 1.807) is 28.6 Å². The molecule has 5 rings (SSSR count). The zero-order valence-corrected chi connectivity index (χ0v) is 20.3. The molecule has 0 aromatic heterocycles. The molecule has 0 unspecified atom stereocenters. The Morgan fingerprint density at radius 1 is 0.971 bits per heavy atom. The van der Waals surface area contributed by atoms with Crippen LogP contribution in [0.5, 0.6) is 11.5 Å². The summed E-state index contributed by atoms with van der Waals surface area (Å²) in [6, 6.07) is 12.4. The van der Waals surface area contributed by atoms with E-state index in [0.29, 0.717) is 37.7 Å². The average molecular weight is 486 g/mol. The fraction of sp³-hybridized carbons (Fsp3) is 0.480. The molecule has 0 bridgehead atoms. The molecule has 1 atom stereocenters. The molecule has 0 saturated carbocycles. The molecule has 2 fully saturated rings. The number of ether oxygens (including phenoxy) is 2. The van der Waals surface area contributed by atoms with Crippen molar-refractivity contribution in [1.29, 1.82) is 0 Å². The van der Waals surface area contributed by atoms with Gasteiger partial charge in [-0.25, -0.2) is 8.42 Å². The van der Waals surface area contributed by atoms with Crippen LogP contribution >= 0.6 is 0 Å². The number of piperidine rings is 1. The van der Waals surface area contributed by atoms with Crippen LogP contribution in [0.25, 0.3) is 0 Å². The van der Waals surface area contributed by atoms with E-state index >= 15 is 0 Å². The number of hydrogen-bond acceptors (Lipinski definition) is 6. The molecule has 9 heteroatoms. The summed E-state index contributed by atoms with van der Waals surface area (Å²) < 4.78 is 38.3. The van der Waals surface area contributed by atoms with Gasteiger partial charge in [-0.15, -0.1) is 0 Å². The van der Waals surface area contributed by atoms with Gasteiger partial charge in [-0.3, -0.25) is 9.69 Å². The van der Waals surface area contributed by atoms with Crippen molar-refractivity contribution < 1.29 is 22.7 Å². The van der Waals surface area contributed by atoms with Gasteiger partial charge in [0, 0.05) is 51.4 Å². The second-order valence-electron chi connectivity index (χ2n) is 9.39. The number of piperazine rings is 1. The maximum absolute atomic E-state index is 13.0. The number of amides is 1. The third kappa shape index (κ3) is 4.78. The van der Waals surface area contributed by atoms with Crippen LogP contribution in [0.1, 0.15) is 35.7 Å². The maximum atomic E-state index is 13.0. The number of rotatable bonds is 5. The summed E-state index contributed by atoms with van der Waals surface area (Å²) >= 11 is 0. The first-order valence-corrected chi connectivity index (χ1v) is 13.3. The maximum Gasteiger partial charge on any atom is 0.253 e. The predicted octanol–water partition coefficient (Wildman–Crippen LogP) is 2.79. The van der Waals surface area contributed by atoms with Gasteiger partial charge in [0.15, 0.2) is 11.5 Å². The molecule has 3 heterocycles. The molecule has 0 N–H and O–H groups in total. The van der Waals surface area contributed by atoms with Crippen LogP contribution < -0.4 is 9.47 Å². The lowest BCUT2D eigenvalue weighted by molar-refractivity contribution is 0.0628. The van der Waals surface area contributed by atoms with Gasteiger partial charge >= 0.3 is 0 Å². The Balaban J connectivity index is 1.17. The summed E-state index contributed by atoms with van der Waals surface area (Å²) in [5.74, 6) is 1.88. The lowest BCUT2D eigenvalue weighted by Crippen LogP contribution is -2.48. The van der Waals surface area contributed by atoms with Crippen molar-refractivity contribution in [3.63, 3.8) is 0 Å². The molecule has 0 radical (unpaired) electrons. The van der Waals surface area contributed by atoms with E-state index in [9.17, 15) is 13.2 Å². The minimum absolute atomic E-state index is 0.0572. The van der Waals surface area contributed by atoms with Crippen molar-refractivity contribution in [2.24, 2.45) is 5.92 Å². The minimum Gasteiger partial charge on any atom is -0.454 e. The summed E-state index contributed by atoms with van der Waals surface area (Å²) in [6.45, 7) is 7.08. The van der Waals surface area contributed by atoms with Crippen molar-refractivity contribution >= 4 is 15.9 Å². The highest BCUT2D eigenvalue weighted by molar-refractivity contribution is 7.89. The van der Waals surface area contributed by atoms with Gasteiger partial charge in [0.05, 0.1) is 4.90 Å². The number of benzene rings is 2. The van der Waals surface area contributed by atoms with E-state index in [1.165, 1.54) is 0 Å². The molecule has 1 amide bonds. The SMILES string of the molecule is C[C@@H]1CCCN(S(=O)(=O)c2ccc(C(=O)N3CCN(Cc4ccc5c(c4)OCO5)CC3)cc2)C1. The smallest absolute Gasteiger partial charge is 0.253 e. The fourth-order valence-corrected chi connectivity index (χ4v) is 6.47. The lowest BCUT2D eigenvalue weighted by Gasteiger charge is -2.35. The van der Waals surface area contributed by atoms with E-state index in [0.717, 1.165) is 49.5 Å². The molecule has 182 valence electrons. The second-order valence-corrected chi connectivity index (χ2v) is 11.3. The quantitative estimate of drug-likeness (QED) is 0.648. The van der Waals surface area contributed by atoms with Gasteiger partial charge in [-0.2, -0.15) is 4.31 Å². The van der Waals surface area contributed by atoms with Crippen LogP contribution in [0.15, 0.2) is 47.4 Å². The Kier molecular flexibility index (Phi) is 6.50. The third-order valence-electron chi connectivity index (χ3n) is 6.86. The van der Waals surface area contributed by atoms with Crippen LogP contribution in [-0.4, -0.2) is 74.5 Å². The van der Waals surface area contributed by atoms with Crippen molar-refractivity contribution in [2.75, 3.05) is 46.1 Å². The number of carbonyl (C=O) groups is 1. The monoisotopic (exact) mass is 485 g/mol. The van der Waals surface area contributed by atoms with Crippen LogP contribution in [0.4, 0.5) is 0 Å². The molecule has 8 nitrogen and oxygen atoms in total. The molecule has 3 aliphatic heterocycles. The van der Waals surface area contributed by atoms with Crippen LogP contribution in [0, 0.1) is 5.92 Å². The van der Waals surface area contributed by atoms with Crippen LogP contribution in [0.3, 0.4) is 0 Å². The predicted molar refractivity (Wildman–Crippen MR) is 127 cm³/mol. The molecular weight excluding hydrogens is 454 g/mol. The molecule has 2 aromatic carbocycles. The summed E-state index contributed by atoms with van der Waals surface area (Å²) in [7, 11) is -3.52. The highest BCUT2D eigenvalue weighted by atomic mass is 32.2. The minimum atomic E-state index is -3.52. The Morgan fingerprint density at radius 3 is 2.44 bits per heavy atom. The summed E-state index contributed by atoms with van der Waals surface area (Å²) in [6.07, 6.45) is 1.95. The number of carbonyl (C=O) groups excluding carboxylic acids is 1. The van der Waals surface area contributed by atoms with Gasteiger partial charge in [0.25, 0.3) is 5.91 Å². The first-order valence-electron chi connectivity index (χ1n) is 11.9.